The van der Waals surface area contributed by atoms with Crippen LogP contribution in [0.15, 0.2) is 0 Å². The molecule has 0 radical (unpaired) electrons. The van der Waals surface area contributed by atoms with Crippen molar-refractivity contribution in [3.8, 4) is 0 Å². The molecule has 188 valence electrons. The second-order valence-electron chi connectivity index (χ2n) is 8.57. The van der Waals surface area contributed by atoms with E-state index in [1.54, 1.807) is 20.8 Å². The number of amides is 4. The van der Waals surface area contributed by atoms with E-state index in [2.05, 4.69) is 43.9 Å². The van der Waals surface area contributed by atoms with Crippen LogP contribution in [0.1, 0.15) is 41.0 Å². The second kappa shape index (κ2) is 14.0. The van der Waals surface area contributed by atoms with Gasteiger partial charge in [-0.1, -0.05) is 57.2 Å². The number of rotatable bonds is 10. The van der Waals surface area contributed by atoms with Crippen LogP contribution in [0.25, 0.3) is 0 Å². The Morgan fingerprint density at radius 1 is 1.12 bits per heavy atom. The highest BCUT2D eigenvalue weighted by molar-refractivity contribution is 14.1. The van der Waals surface area contributed by atoms with Gasteiger partial charge in [-0.3, -0.25) is 19.2 Å². The maximum Gasteiger partial charge on any atom is 0.328 e. The summed E-state index contributed by atoms with van der Waals surface area (Å²) in [4.78, 5) is 62.5. The van der Waals surface area contributed by atoms with E-state index in [9.17, 15) is 24.0 Å². The molecule has 0 aromatic rings. The molecule has 2 unspecified atom stereocenters. The Balaban J connectivity index is 2.88. The van der Waals surface area contributed by atoms with E-state index >= 15 is 0 Å². The summed E-state index contributed by atoms with van der Waals surface area (Å²) in [6, 6.07) is -3.37. The van der Waals surface area contributed by atoms with Crippen molar-refractivity contribution in [3.63, 3.8) is 0 Å². The van der Waals surface area contributed by atoms with Crippen LogP contribution in [-0.4, -0.2) is 76.3 Å². The number of hydrogen-bond donors (Lipinski definition) is 4. The smallest absolute Gasteiger partial charge is 0.328 e. The minimum absolute atomic E-state index is 0.173. The van der Waals surface area contributed by atoms with Gasteiger partial charge in [0.2, 0.25) is 23.6 Å². The lowest BCUT2D eigenvalue weighted by atomic mass is 10.0. The number of carbonyl (C=O) groups excluding carboxylic acids is 5. The molecular weight excluding hydrogens is 563 g/mol. The first-order chi connectivity index (χ1) is 15.4. The molecule has 0 saturated carbocycles. The number of methoxy groups -OCH3 is 1. The van der Waals surface area contributed by atoms with Gasteiger partial charge in [0.05, 0.1) is 7.11 Å². The quantitative estimate of drug-likeness (QED) is 0.162. The number of alkyl halides is 1. The number of ether oxygens (including phenoxy) is 1. The number of thioether (sulfide) groups is 1. The average Bonchev–Trinajstić information content (AvgIpc) is 2.88. The fourth-order valence-corrected chi connectivity index (χ4v) is 4.78. The predicted molar refractivity (Wildman–Crippen MR) is 135 cm³/mol. The lowest BCUT2D eigenvalue weighted by molar-refractivity contribution is -0.146. The second-order valence-corrected chi connectivity index (χ2v) is 11.1. The van der Waals surface area contributed by atoms with E-state index in [0.29, 0.717) is 10.8 Å². The number of nitrogens with one attached hydrogen (secondary N) is 4. The maximum absolute atomic E-state index is 12.9. The molecule has 4 amide bonds. The molecule has 33 heavy (non-hydrogen) atoms. The van der Waals surface area contributed by atoms with Gasteiger partial charge in [0, 0.05) is 21.9 Å². The molecule has 5 atom stereocenters. The molecule has 0 aromatic heterocycles. The molecule has 0 bridgehead atoms. The van der Waals surface area contributed by atoms with E-state index in [-0.39, 0.29) is 28.7 Å². The van der Waals surface area contributed by atoms with Crippen molar-refractivity contribution >= 4 is 64.0 Å². The van der Waals surface area contributed by atoms with Crippen molar-refractivity contribution in [1.29, 1.82) is 0 Å². The van der Waals surface area contributed by atoms with Crippen LogP contribution in [-0.2, 0) is 28.7 Å². The topological polar surface area (TPSA) is 143 Å². The van der Waals surface area contributed by atoms with E-state index < -0.39 is 47.9 Å². The normalized spacial score (nSPS) is 22.6. The van der Waals surface area contributed by atoms with Crippen molar-refractivity contribution in [2.45, 2.75) is 70.5 Å². The Hall–Kier alpha value is -1.57. The summed E-state index contributed by atoms with van der Waals surface area (Å²) in [5, 5.41) is 10.5. The molecule has 12 heteroatoms. The van der Waals surface area contributed by atoms with Crippen LogP contribution in [0.5, 0.6) is 0 Å². The first-order valence-electron chi connectivity index (χ1n) is 10.9. The largest absolute Gasteiger partial charge is 0.467 e. The maximum atomic E-state index is 12.9. The molecule has 1 heterocycles. The fraction of sp³-hybridized carbons (Fsp3) is 0.762. The third-order valence-corrected chi connectivity index (χ3v) is 7.08. The molecule has 0 aliphatic carbocycles. The zero-order valence-corrected chi connectivity index (χ0v) is 22.9. The predicted octanol–water partition coefficient (Wildman–Crippen LogP) is 0.371. The van der Waals surface area contributed by atoms with Gasteiger partial charge in [-0.25, -0.2) is 4.79 Å². The van der Waals surface area contributed by atoms with Crippen LogP contribution in [0, 0.1) is 11.8 Å². The molecule has 1 aliphatic rings. The van der Waals surface area contributed by atoms with Crippen molar-refractivity contribution in [1.82, 2.24) is 21.3 Å². The minimum atomic E-state index is -0.889. The first kappa shape index (κ1) is 29.5. The number of hydrogen-bond acceptors (Lipinski definition) is 7. The summed E-state index contributed by atoms with van der Waals surface area (Å²) < 4.78 is 5.39. The highest BCUT2D eigenvalue weighted by Crippen LogP contribution is 2.20. The van der Waals surface area contributed by atoms with Gasteiger partial charge in [0.15, 0.2) is 0 Å². The Bertz CT molecular complexity index is 736. The number of esters is 1. The SMILES string of the molecule is COC(=O)[C@@H](NC(=O)C1NC(=O)[C@H](NC(=O)[C@H](NC(=O)CCI)C(C)C)CSC1C)C(C)C. The summed E-state index contributed by atoms with van der Waals surface area (Å²) in [5.74, 6) is -2.34. The van der Waals surface area contributed by atoms with Crippen molar-refractivity contribution in [2.75, 3.05) is 17.3 Å². The third kappa shape index (κ3) is 8.95. The van der Waals surface area contributed by atoms with Crippen LogP contribution >= 0.6 is 34.4 Å². The van der Waals surface area contributed by atoms with Gasteiger partial charge < -0.3 is 26.0 Å². The Kier molecular flexibility index (Phi) is 12.5. The Morgan fingerprint density at radius 2 is 1.73 bits per heavy atom. The molecule has 1 aliphatic heterocycles. The van der Waals surface area contributed by atoms with Crippen molar-refractivity contribution in [2.24, 2.45) is 11.8 Å². The van der Waals surface area contributed by atoms with E-state index in [1.165, 1.54) is 18.9 Å². The number of carbonyl (C=O) groups is 5. The average molecular weight is 599 g/mol. The van der Waals surface area contributed by atoms with Crippen molar-refractivity contribution in [3.05, 3.63) is 0 Å². The molecule has 1 rings (SSSR count). The summed E-state index contributed by atoms with van der Waals surface area (Å²) in [7, 11) is 1.25. The summed E-state index contributed by atoms with van der Waals surface area (Å²) in [6.45, 7) is 8.97. The minimum Gasteiger partial charge on any atom is -0.467 e. The lowest BCUT2D eigenvalue weighted by Gasteiger charge is -2.26. The highest BCUT2D eigenvalue weighted by Gasteiger charge is 2.38. The standard InChI is InChI=1S/C21H35IN4O6S/c1-10(2)15(24-14(27)7-8-22)19(29)23-13-9-33-12(5)17(26-18(13)28)20(30)25-16(11(3)4)21(31)32-6/h10-13,15-17H,7-9H2,1-6H3,(H,23,29)(H,24,27)(H,25,30)(H,26,28)/t12?,13-,15-,16+,17?/m1/s1. The van der Waals surface area contributed by atoms with Gasteiger partial charge in [-0.2, -0.15) is 11.8 Å². The lowest BCUT2D eigenvalue weighted by Crippen LogP contribution is -2.59. The molecule has 10 nitrogen and oxygen atoms in total. The van der Waals surface area contributed by atoms with E-state index in [1.807, 2.05) is 13.8 Å². The molecule has 0 aromatic carbocycles. The summed E-state index contributed by atoms with van der Waals surface area (Å²) in [6.07, 6.45) is 0.300. The van der Waals surface area contributed by atoms with Crippen LogP contribution in [0.2, 0.25) is 0 Å². The molecular formula is C21H35IN4O6S. The van der Waals surface area contributed by atoms with Gasteiger partial charge in [-0.15, -0.1) is 0 Å². The number of halogens is 1. The van der Waals surface area contributed by atoms with Gasteiger partial charge in [-0.05, 0) is 11.8 Å². The van der Waals surface area contributed by atoms with Gasteiger partial charge in [0.1, 0.15) is 24.2 Å². The van der Waals surface area contributed by atoms with Gasteiger partial charge >= 0.3 is 5.97 Å². The van der Waals surface area contributed by atoms with Crippen molar-refractivity contribution < 1.29 is 28.7 Å². The third-order valence-electron chi connectivity index (χ3n) is 5.22. The van der Waals surface area contributed by atoms with E-state index in [4.69, 9.17) is 4.74 Å². The fourth-order valence-electron chi connectivity index (χ4n) is 3.17. The Labute approximate surface area is 213 Å². The molecule has 4 N–H and O–H groups in total. The summed E-state index contributed by atoms with van der Waals surface area (Å²) in [5.41, 5.74) is 0. The molecule has 1 saturated heterocycles. The first-order valence-corrected chi connectivity index (χ1v) is 13.5. The zero-order valence-electron chi connectivity index (χ0n) is 19.9. The van der Waals surface area contributed by atoms with Gasteiger partial charge in [0.25, 0.3) is 0 Å². The molecule has 0 spiro atoms. The Morgan fingerprint density at radius 3 is 2.24 bits per heavy atom. The monoisotopic (exact) mass is 598 g/mol. The molecule has 1 fully saturated rings. The van der Waals surface area contributed by atoms with Crippen LogP contribution in [0.3, 0.4) is 0 Å². The summed E-state index contributed by atoms with van der Waals surface area (Å²) >= 11 is 3.44. The zero-order chi connectivity index (χ0) is 25.3. The highest BCUT2D eigenvalue weighted by atomic mass is 127. The van der Waals surface area contributed by atoms with Crippen LogP contribution < -0.4 is 21.3 Å². The van der Waals surface area contributed by atoms with E-state index in [0.717, 1.165) is 0 Å². The van der Waals surface area contributed by atoms with Crippen LogP contribution in [0.4, 0.5) is 0 Å².